The number of rotatable bonds is 6. The first kappa shape index (κ1) is 13.8. The molecule has 0 radical (unpaired) electrons. The summed E-state index contributed by atoms with van der Waals surface area (Å²) in [5.74, 6) is 0. The van der Waals surface area contributed by atoms with Gasteiger partial charge in [-0.15, -0.1) is 0 Å². The molecule has 0 fully saturated rings. The molecule has 1 N–H and O–H groups in total. The third-order valence-electron chi connectivity index (χ3n) is 2.79. The molecule has 0 saturated carbocycles. The minimum absolute atomic E-state index is 0.108. The maximum atomic E-state index is 11.9. The van der Waals surface area contributed by atoms with E-state index in [9.17, 15) is 13.9 Å². The maximum absolute atomic E-state index is 11.9. The molecule has 0 bridgehead atoms. The van der Waals surface area contributed by atoms with E-state index in [2.05, 4.69) is 4.98 Å². The van der Waals surface area contributed by atoms with Gasteiger partial charge in [0.05, 0.1) is 11.6 Å². The smallest absolute Gasteiger partial charge is 0.261 e. The number of pyridine rings is 1. The summed E-state index contributed by atoms with van der Waals surface area (Å²) in [7, 11) is 0. The van der Waals surface area contributed by atoms with Crippen LogP contribution in [0.5, 0.6) is 0 Å². The van der Waals surface area contributed by atoms with Crippen LogP contribution in [0.3, 0.4) is 0 Å². The number of fused-ring (bicyclic) bond motifs is 1. The lowest BCUT2D eigenvalue weighted by atomic mass is 10.0. The van der Waals surface area contributed by atoms with Crippen molar-refractivity contribution in [2.45, 2.75) is 19.0 Å². The van der Waals surface area contributed by atoms with Crippen LogP contribution in [-0.4, -0.2) is 29.7 Å². The second kappa shape index (κ2) is 6.54. The lowest BCUT2D eigenvalue weighted by Gasteiger charge is -2.12. The van der Waals surface area contributed by atoms with E-state index in [1.54, 1.807) is 12.3 Å². The Labute approximate surface area is 109 Å². The SMILES string of the molecule is OC(CCOCC(F)F)c1ccc2ncccc2c1. The second-order valence-electron chi connectivity index (χ2n) is 4.23. The first-order valence-corrected chi connectivity index (χ1v) is 6.05. The van der Waals surface area contributed by atoms with Crippen molar-refractivity contribution in [3.8, 4) is 0 Å². The molecule has 19 heavy (non-hydrogen) atoms. The summed E-state index contributed by atoms with van der Waals surface area (Å²) < 4.78 is 28.5. The van der Waals surface area contributed by atoms with Crippen LogP contribution in [0, 0.1) is 0 Å². The van der Waals surface area contributed by atoms with Gasteiger partial charge in [-0.3, -0.25) is 4.98 Å². The van der Waals surface area contributed by atoms with Gasteiger partial charge in [0, 0.05) is 24.6 Å². The molecule has 5 heteroatoms. The zero-order valence-electron chi connectivity index (χ0n) is 10.3. The molecule has 1 aromatic heterocycles. The Bertz CT molecular complexity index is 534. The summed E-state index contributed by atoms with van der Waals surface area (Å²) in [5.41, 5.74) is 1.59. The third kappa shape index (κ3) is 3.94. The van der Waals surface area contributed by atoms with Crippen molar-refractivity contribution in [2.75, 3.05) is 13.2 Å². The maximum Gasteiger partial charge on any atom is 0.261 e. The van der Waals surface area contributed by atoms with Gasteiger partial charge in [-0.05, 0) is 23.8 Å². The van der Waals surface area contributed by atoms with Crippen LogP contribution in [0.4, 0.5) is 8.78 Å². The van der Waals surface area contributed by atoms with Gasteiger partial charge in [0.25, 0.3) is 6.43 Å². The monoisotopic (exact) mass is 267 g/mol. The van der Waals surface area contributed by atoms with E-state index in [0.29, 0.717) is 6.42 Å². The van der Waals surface area contributed by atoms with E-state index in [1.807, 2.05) is 24.3 Å². The third-order valence-corrected chi connectivity index (χ3v) is 2.79. The van der Waals surface area contributed by atoms with Crippen molar-refractivity contribution < 1.29 is 18.6 Å². The molecule has 102 valence electrons. The summed E-state index contributed by atoms with van der Waals surface area (Å²) >= 11 is 0. The van der Waals surface area contributed by atoms with Gasteiger partial charge in [-0.25, -0.2) is 8.78 Å². The standard InChI is InChI=1S/C14H15F2NO2/c15-14(16)9-19-7-5-13(18)11-3-4-12-10(8-11)2-1-6-17-12/h1-4,6,8,13-14,18H,5,7,9H2. The van der Waals surface area contributed by atoms with Crippen LogP contribution in [-0.2, 0) is 4.74 Å². The minimum Gasteiger partial charge on any atom is -0.388 e. The quantitative estimate of drug-likeness (QED) is 0.818. The largest absolute Gasteiger partial charge is 0.388 e. The number of aliphatic hydroxyl groups excluding tert-OH is 1. The molecule has 0 amide bonds. The normalized spacial score (nSPS) is 13.1. The van der Waals surface area contributed by atoms with Crippen LogP contribution in [0.25, 0.3) is 10.9 Å². The molecule has 1 atom stereocenters. The molecule has 2 aromatic rings. The highest BCUT2D eigenvalue weighted by Gasteiger charge is 2.09. The number of nitrogens with zero attached hydrogens (tertiary/aromatic N) is 1. The van der Waals surface area contributed by atoms with Crippen molar-refractivity contribution in [2.24, 2.45) is 0 Å². The van der Waals surface area contributed by atoms with Gasteiger partial charge in [-0.1, -0.05) is 12.1 Å². The predicted molar refractivity (Wildman–Crippen MR) is 68.1 cm³/mol. The predicted octanol–water partition coefficient (Wildman–Crippen LogP) is 2.94. The van der Waals surface area contributed by atoms with Crippen molar-refractivity contribution in [1.29, 1.82) is 0 Å². The Morgan fingerprint density at radius 1 is 1.26 bits per heavy atom. The molecule has 0 aliphatic carbocycles. The highest BCUT2D eigenvalue weighted by atomic mass is 19.3. The van der Waals surface area contributed by atoms with Crippen molar-refractivity contribution in [3.05, 3.63) is 42.1 Å². The van der Waals surface area contributed by atoms with Gasteiger partial charge in [0.2, 0.25) is 0 Å². The van der Waals surface area contributed by atoms with Crippen LogP contribution in [0.2, 0.25) is 0 Å². The van der Waals surface area contributed by atoms with Gasteiger partial charge in [0.1, 0.15) is 6.61 Å². The van der Waals surface area contributed by atoms with Gasteiger partial charge >= 0.3 is 0 Å². The molecule has 0 aliphatic rings. The summed E-state index contributed by atoms with van der Waals surface area (Å²) in [6.45, 7) is -0.481. The highest BCUT2D eigenvalue weighted by molar-refractivity contribution is 5.78. The Balaban J connectivity index is 1.95. The Morgan fingerprint density at radius 2 is 2.11 bits per heavy atom. The van der Waals surface area contributed by atoms with E-state index >= 15 is 0 Å². The molecular formula is C14H15F2NO2. The topological polar surface area (TPSA) is 42.4 Å². The van der Waals surface area contributed by atoms with Gasteiger partial charge in [0.15, 0.2) is 0 Å². The first-order chi connectivity index (χ1) is 9.16. The summed E-state index contributed by atoms with van der Waals surface area (Å²) in [4.78, 5) is 4.19. The molecule has 1 aromatic carbocycles. The number of aliphatic hydroxyl groups is 1. The van der Waals surface area contributed by atoms with Crippen LogP contribution < -0.4 is 0 Å². The number of benzene rings is 1. The number of hydrogen-bond acceptors (Lipinski definition) is 3. The van der Waals surface area contributed by atoms with E-state index in [4.69, 9.17) is 4.74 Å². The number of aromatic nitrogens is 1. The van der Waals surface area contributed by atoms with E-state index in [1.165, 1.54) is 0 Å². The van der Waals surface area contributed by atoms with Crippen molar-refractivity contribution in [1.82, 2.24) is 4.98 Å². The average molecular weight is 267 g/mol. The van der Waals surface area contributed by atoms with E-state index in [-0.39, 0.29) is 6.61 Å². The fraction of sp³-hybridized carbons (Fsp3) is 0.357. The fourth-order valence-corrected chi connectivity index (χ4v) is 1.84. The molecular weight excluding hydrogens is 252 g/mol. The lowest BCUT2D eigenvalue weighted by Crippen LogP contribution is -2.08. The van der Waals surface area contributed by atoms with Crippen LogP contribution in [0.1, 0.15) is 18.1 Å². The zero-order chi connectivity index (χ0) is 13.7. The van der Waals surface area contributed by atoms with E-state index < -0.39 is 19.1 Å². The number of ether oxygens (including phenoxy) is 1. The number of halogens is 2. The average Bonchev–Trinajstić information content (AvgIpc) is 2.42. The molecule has 0 saturated heterocycles. The Hall–Kier alpha value is -1.59. The van der Waals surface area contributed by atoms with Gasteiger partial charge in [-0.2, -0.15) is 0 Å². The molecule has 0 spiro atoms. The lowest BCUT2D eigenvalue weighted by molar-refractivity contribution is 0.00482. The number of alkyl halides is 2. The van der Waals surface area contributed by atoms with Crippen LogP contribution >= 0.6 is 0 Å². The fourth-order valence-electron chi connectivity index (χ4n) is 1.84. The first-order valence-electron chi connectivity index (χ1n) is 6.05. The van der Waals surface area contributed by atoms with Crippen molar-refractivity contribution in [3.63, 3.8) is 0 Å². The molecule has 0 aliphatic heterocycles. The zero-order valence-corrected chi connectivity index (χ0v) is 10.3. The Kier molecular flexibility index (Phi) is 4.76. The molecule has 2 rings (SSSR count). The van der Waals surface area contributed by atoms with E-state index in [0.717, 1.165) is 16.5 Å². The Morgan fingerprint density at radius 3 is 2.89 bits per heavy atom. The van der Waals surface area contributed by atoms with Gasteiger partial charge < -0.3 is 9.84 Å². The van der Waals surface area contributed by atoms with Crippen LogP contribution in [0.15, 0.2) is 36.5 Å². The summed E-state index contributed by atoms with van der Waals surface area (Å²) in [6, 6.07) is 9.19. The summed E-state index contributed by atoms with van der Waals surface area (Å²) in [6.07, 6.45) is -1.19. The molecule has 3 nitrogen and oxygen atoms in total. The van der Waals surface area contributed by atoms with Crippen molar-refractivity contribution >= 4 is 10.9 Å². The minimum atomic E-state index is -2.47. The molecule has 1 heterocycles. The molecule has 1 unspecified atom stereocenters. The summed E-state index contributed by atoms with van der Waals surface area (Å²) in [5, 5.41) is 10.9. The highest BCUT2D eigenvalue weighted by Crippen LogP contribution is 2.21. The second-order valence-corrected chi connectivity index (χ2v) is 4.23. The number of hydrogen-bond donors (Lipinski definition) is 1.